The molecule has 3 rings (SSSR count). The van der Waals surface area contributed by atoms with E-state index in [1.807, 2.05) is 42.5 Å². The topological polar surface area (TPSA) is 85.9 Å². The summed E-state index contributed by atoms with van der Waals surface area (Å²) in [5.74, 6) is 0.501. The maximum absolute atomic E-state index is 13.0. The molecule has 0 atom stereocenters. The minimum atomic E-state index is -0.390. The van der Waals surface area contributed by atoms with Crippen molar-refractivity contribution in [2.75, 3.05) is 32.0 Å². The van der Waals surface area contributed by atoms with Gasteiger partial charge < -0.3 is 24.8 Å². The molecule has 2 amide bonds. The van der Waals surface area contributed by atoms with Crippen LogP contribution in [0.1, 0.15) is 17.3 Å². The van der Waals surface area contributed by atoms with Crippen LogP contribution in [0.2, 0.25) is 0 Å². The average Bonchev–Trinajstić information content (AvgIpc) is 2.79. The highest BCUT2D eigenvalue weighted by molar-refractivity contribution is 6.08. The lowest BCUT2D eigenvalue weighted by Crippen LogP contribution is -2.15. The Morgan fingerprint density at radius 2 is 1.35 bits per heavy atom. The van der Waals surface area contributed by atoms with E-state index in [1.54, 1.807) is 18.2 Å². The second-order valence-corrected chi connectivity index (χ2v) is 6.68. The van der Waals surface area contributed by atoms with Gasteiger partial charge in [-0.2, -0.15) is 0 Å². The third-order valence-corrected chi connectivity index (χ3v) is 4.61. The molecular weight excluding hydrogens is 396 g/mol. The van der Waals surface area contributed by atoms with Gasteiger partial charge in [0.15, 0.2) is 11.5 Å². The minimum absolute atomic E-state index is 0.242. The summed E-state index contributed by atoms with van der Waals surface area (Å²) in [4.78, 5) is 24.7. The van der Waals surface area contributed by atoms with Crippen molar-refractivity contribution in [2.24, 2.45) is 0 Å². The first kappa shape index (κ1) is 21.7. The maximum atomic E-state index is 13.0. The van der Waals surface area contributed by atoms with Crippen LogP contribution < -0.4 is 24.8 Å². The van der Waals surface area contributed by atoms with Gasteiger partial charge in [0, 0.05) is 12.5 Å². The van der Waals surface area contributed by atoms with Crippen molar-refractivity contribution in [3.05, 3.63) is 66.2 Å². The number of benzene rings is 3. The molecule has 0 aliphatic heterocycles. The maximum Gasteiger partial charge on any atom is 0.255 e. The highest BCUT2D eigenvalue weighted by Gasteiger charge is 2.18. The zero-order chi connectivity index (χ0) is 22.4. The number of hydrogen-bond acceptors (Lipinski definition) is 5. The third kappa shape index (κ3) is 4.95. The molecule has 0 aliphatic rings. The molecule has 0 bridgehead atoms. The van der Waals surface area contributed by atoms with Crippen molar-refractivity contribution >= 4 is 23.2 Å². The van der Waals surface area contributed by atoms with Gasteiger partial charge in [-0.25, -0.2) is 0 Å². The van der Waals surface area contributed by atoms with E-state index >= 15 is 0 Å². The summed E-state index contributed by atoms with van der Waals surface area (Å²) in [5.41, 5.74) is 3.19. The van der Waals surface area contributed by atoms with E-state index in [0.717, 1.165) is 11.1 Å². The second-order valence-electron chi connectivity index (χ2n) is 6.68. The summed E-state index contributed by atoms with van der Waals surface area (Å²) < 4.78 is 15.9. The SMILES string of the molecule is COc1cc(C(=O)Nc2ccc(-c3ccccc3)cc2NC(C)=O)cc(OC)c1OC. The normalized spacial score (nSPS) is 10.2. The molecule has 0 aromatic heterocycles. The van der Waals surface area contributed by atoms with E-state index in [2.05, 4.69) is 10.6 Å². The van der Waals surface area contributed by atoms with E-state index in [9.17, 15) is 9.59 Å². The number of methoxy groups -OCH3 is 3. The van der Waals surface area contributed by atoms with Gasteiger partial charge in [0.1, 0.15) is 0 Å². The van der Waals surface area contributed by atoms with E-state index in [4.69, 9.17) is 14.2 Å². The minimum Gasteiger partial charge on any atom is -0.493 e. The molecule has 160 valence electrons. The number of amides is 2. The van der Waals surface area contributed by atoms with Gasteiger partial charge in [-0.3, -0.25) is 9.59 Å². The number of ether oxygens (including phenoxy) is 3. The van der Waals surface area contributed by atoms with Gasteiger partial charge in [0.05, 0.1) is 32.7 Å². The smallest absolute Gasteiger partial charge is 0.255 e. The van der Waals surface area contributed by atoms with E-state index in [0.29, 0.717) is 34.2 Å². The molecule has 7 nitrogen and oxygen atoms in total. The third-order valence-electron chi connectivity index (χ3n) is 4.61. The Bertz CT molecular complexity index is 1070. The van der Waals surface area contributed by atoms with Crippen molar-refractivity contribution in [1.82, 2.24) is 0 Å². The molecule has 0 saturated heterocycles. The predicted octanol–water partition coefficient (Wildman–Crippen LogP) is 4.59. The van der Waals surface area contributed by atoms with Gasteiger partial charge in [0.2, 0.25) is 11.7 Å². The van der Waals surface area contributed by atoms with Crippen LogP contribution in [0, 0.1) is 0 Å². The molecule has 31 heavy (non-hydrogen) atoms. The Morgan fingerprint density at radius 3 is 1.90 bits per heavy atom. The summed E-state index contributed by atoms with van der Waals surface area (Å²) >= 11 is 0. The monoisotopic (exact) mass is 420 g/mol. The van der Waals surface area contributed by atoms with Crippen molar-refractivity contribution in [2.45, 2.75) is 6.92 Å². The first-order valence-corrected chi connectivity index (χ1v) is 9.55. The molecule has 0 unspecified atom stereocenters. The highest BCUT2D eigenvalue weighted by Crippen LogP contribution is 2.38. The standard InChI is InChI=1S/C24H24N2O5/c1-15(27)25-20-12-17(16-8-6-5-7-9-16)10-11-19(20)26-24(28)18-13-21(29-2)23(31-4)22(14-18)30-3/h5-14H,1-4H3,(H,25,27)(H,26,28). The molecule has 0 saturated carbocycles. The average molecular weight is 420 g/mol. The molecule has 0 aliphatic carbocycles. The Kier molecular flexibility index (Phi) is 6.77. The van der Waals surface area contributed by atoms with Crippen molar-refractivity contribution in [3.63, 3.8) is 0 Å². The zero-order valence-electron chi connectivity index (χ0n) is 17.8. The van der Waals surface area contributed by atoms with Crippen LogP contribution >= 0.6 is 0 Å². The van der Waals surface area contributed by atoms with Crippen LogP contribution in [0.25, 0.3) is 11.1 Å². The number of rotatable bonds is 7. The number of hydrogen-bond donors (Lipinski definition) is 2. The van der Waals surface area contributed by atoms with Gasteiger partial charge >= 0.3 is 0 Å². The molecule has 3 aromatic carbocycles. The molecule has 0 fully saturated rings. The fourth-order valence-electron chi connectivity index (χ4n) is 3.16. The van der Waals surface area contributed by atoms with Crippen molar-refractivity contribution in [1.29, 1.82) is 0 Å². The van der Waals surface area contributed by atoms with Crippen LogP contribution in [0.4, 0.5) is 11.4 Å². The summed E-state index contributed by atoms with van der Waals surface area (Å²) in [5, 5.41) is 5.63. The van der Waals surface area contributed by atoms with Crippen LogP contribution in [-0.2, 0) is 4.79 Å². The lowest BCUT2D eigenvalue weighted by molar-refractivity contribution is -0.114. The molecule has 3 aromatic rings. The molecule has 0 heterocycles. The highest BCUT2D eigenvalue weighted by atomic mass is 16.5. The first-order chi connectivity index (χ1) is 15.0. The molecule has 0 spiro atoms. The molecule has 0 radical (unpaired) electrons. The van der Waals surface area contributed by atoms with E-state index in [1.165, 1.54) is 28.3 Å². The Morgan fingerprint density at radius 1 is 0.710 bits per heavy atom. The van der Waals surface area contributed by atoms with Crippen LogP contribution in [0.5, 0.6) is 17.2 Å². The van der Waals surface area contributed by atoms with Gasteiger partial charge in [0.25, 0.3) is 5.91 Å². The van der Waals surface area contributed by atoms with Crippen LogP contribution in [0.15, 0.2) is 60.7 Å². The number of carbonyl (C=O) groups is 2. The van der Waals surface area contributed by atoms with Crippen LogP contribution in [0.3, 0.4) is 0 Å². The summed E-state index contributed by atoms with van der Waals surface area (Å²) in [7, 11) is 4.46. The predicted molar refractivity (Wildman–Crippen MR) is 120 cm³/mol. The Hall–Kier alpha value is -4.00. The second kappa shape index (κ2) is 9.67. The van der Waals surface area contributed by atoms with Crippen molar-refractivity contribution in [3.8, 4) is 28.4 Å². The Labute approximate surface area is 180 Å². The summed E-state index contributed by atoms with van der Waals surface area (Å²) in [6.45, 7) is 1.42. The lowest BCUT2D eigenvalue weighted by atomic mass is 10.0. The van der Waals surface area contributed by atoms with Gasteiger partial charge in [-0.05, 0) is 35.4 Å². The number of anilines is 2. The molecular formula is C24H24N2O5. The van der Waals surface area contributed by atoms with Crippen molar-refractivity contribution < 1.29 is 23.8 Å². The van der Waals surface area contributed by atoms with E-state index in [-0.39, 0.29) is 5.91 Å². The quantitative estimate of drug-likeness (QED) is 0.584. The summed E-state index contributed by atoms with van der Waals surface area (Å²) in [6, 6.07) is 18.3. The first-order valence-electron chi connectivity index (χ1n) is 9.55. The number of carbonyl (C=O) groups excluding carboxylic acids is 2. The van der Waals surface area contributed by atoms with E-state index < -0.39 is 5.91 Å². The van der Waals surface area contributed by atoms with Crippen LogP contribution in [-0.4, -0.2) is 33.1 Å². The molecule has 2 N–H and O–H groups in total. The number of nitrogens with one attached hydrogen (secondary N) is 2. The Balaban J connectivity index is 1.96. The summed E-state index contributed by atoms with van der Waals surface area (Å²) in [6.07, 6.45) is 0. The van der Waals surface area contributed by atoms with Gasteiger partial charge in [-0.1, -0.05) is 36.4 Å². The van der Waals surface area contributed by atoms with Gasteiger partial charge in [-0.15, -0.1) is 0 Å². The zero-order valence-corrected chi connectivity index (χ0v) is 17.8. The largest absolute Gasteiger partial charge is 0.493 e. The lowest BCUT2D eigenvalue weighted by Gasteiger charge is -2.16. The fourth-order valence-corrected chi connectivity index (χ4v) is 3.16. The molecule has 7 heteroatoms. The fraction of sp³-hybridized carbons (Fsp3) is 0.167.